The Morgan fingerprint density at radius 2 is 1.56 bits per heavy atom. The van der Waals surface area contributed by atoms with Crippen LogP contribution in [0.1, 0.15) is 6.92 Å². The van der Waals surface area contributed by atoms with Crippen molar-refractivity contribution in [2.24, 2.45) is 0 Å². The molecule has 0 rings (SSSR count). The van der Waals surface area contributed by atoms with Crippen molar-refractivity contribution < 1.29 is 66.6 Å². The summed E-state index contributed by atoms with van der Waals surface area (Å²) in [5.41, 5.74) is 0. The van der Waals surface area contributed by atoms with Crippen molar-refractivity contribution in [2.45, 2.75) is 6.92 Å². The maximum absolute atomic E-state index is 8.89. The van der Waals surface area contributed by atoms with Crippen LogP contribution in [0, 0.1) is 0 Å². The molecule has 0 aliphatic carbocycles. The van der Waals surface area contributed by atoms with Gasteiger partial charge in [-0.15, -0.1) is 0 Å². The summed E-state index contributed by atoms with van der Waals surface area (Å²) in [6.45, 7) is 0.972. The van der Waals surface area contributed by atoms with E-state index in [0.29, 0.717) is 0 Å². The zero-order valence-corrected chi connectivity index (χ0v) is 8.03. The minimum absolute atomic E-state index is 0. The standard InChI is InChI=1S/C2H4O2.BH2O2.Cu.Na/c1-2(3)4;2-1-3;;/h1H3,(H,3,4);2-3H;;/q;;;+1/p-1. The Balaban J connectivity index is -0.0000000233. The Hall–Kier alpha value is 0.974. The maximum atomic E-state index is 8.89. The van der Waals surface area contributed by atoms with Crippen LogP contribution in [0.4, 0.5) is 0 Å². The van der Waals surface area contributed by atoms with Gasteiger partial charge in [-0.1, -0.05) is 0 Å². The first-order valence-electron chi connectivity index (χ1n) is 1.42. The van der Waals surface area contributed by atoms with E-state index in [4.69, 9.17) is 19.9 Å². The SMILES string of the molecule is CC(=O)[O-].O[B]O.[Cu].[Na+]. The van der Waals surface area contributed by atoms with Crippen molar-refractivity contribution in [3.8, 4) is 0 Å². The minimum atomic E-state index is -1.08. The van der Waals surface area contributed by atoms with Crippen molar-refractivity contribution >= 4 is 13.7 Å². The van der Waals surface area contributed by atoms with Crippen LogP contribution in [0.5, 0.6) is 0 Å². The predicted molar refractivity (Wildman–Crippen MR) is 20.9 cm³/mol. The molecular formula is C2H5BCuNaO4. The number of carbonyl (C=O) groups excluding carboxylic acids is 1. The molecule has 0 saturated carbocycles. The van der Waals surface area contributed by atoms with Gasteiger partial charge < -0.3 is 19.9 Å². The summed E-state index contributed by atoms with van der Waals surface area (Å²) < 4.78 is 0. The zero-order valence-electron chi connectivity index (χ0n) is 5.09. The molecule has 0 aromatic heterocycles. The molecular weight excluding hydrogens is 185 g/mol. The summed E-state index contributed by atoms with van der Waals surface area (Å²) in [6, 6.07) is 0. The molecule has 0 aromatic rings. The normalized spacial score (nSPS) is 4.33. The first-order valence-corrected chi connectivity index (χ1v) is 1.42. The summed E-state index contributed by atoms with van der Waals surface area (Å²) in [5.74, 6) is -1.08. The fourth-order valence-corrected chi connectivity index (χ4v) is 0. The third kappa shape index (κ3) is 460. The van der Waals surface area contributed by atoms with Gasteiger partial charge in [0, 0.05) is 23.0 Å². The smallest absolute Gasteiger partial charge is 0.550 e. The Morgan fingerprint density at radius 1 is 1.56 bits per heavy atom. The number of hydrogen-bond donors (Lipinski definition) is 2. The van der Waals surface area contributed by atoms with Gasteiger partial charge in [0.05, 0.1) is 0 Å². The molecule has 0 unspecified atom stereocenters. The molecule has 0 aromatic carbocycles. The van der Waals surface area contributed by atoms with Gasteiger partial charge in [0.2, 0.25) is 0 Å². The van der Waals surface area contributed by atoms with E-state index in [2.05, 4.69) is 0 Å². The van der Waals surface area contributed by atoms with Crippen LogP contribution >= 0.6 is 0 Å². The molecule has 0 heterocycles. The van der Waals surface area contributed by atoms with E-state index in [0.717, 1.165) is 6.92 Å². The molecule has 52 valence electrons. The van der Waals surface area contributed by atoms with Gasteiger partial charge in [0.15, 0.2) is 0 Å². The monoisotopic (exact) mass is 190 g/mol. The largest absolute Gasteiger partial charge is 1.00 e. The first kappa shape index (κ1) is 22.5. The van der Waals surface area contributed by atoms with E-state index < -0.39 is 5.97 Å². The Morgan fingerprint density at radius 3 is 1.56 bits per heavy atom. The molecule has 0 fully saturated rings. The van der Waals surface area contributed by atoms with Gasteiger partial charge in [-0.3, -0.25) is 0 Å². The predicted octanol–water partition coefficient (Wildman–Crippen LogP) is -5.74. The summed E-state index contributed by atoms with van der Waals surface area (Å²) in [4.78, 5) is 8.89. The molecule has 0 atom stereocenters. The van der Waals surface area contributed by atoms with E-state index in [9.17, 15) is 0 Å². The van der Waals surface area contributed by atoms with E-state index in [1.54, 1.807) is 0 Å². The summed E-state index contributed by atoms with van der Waals surface area (Å²) in [5, 5.41) is 22.9. The first-order chi connectivity index (χ1) is 3.15. The van der Waals surface area contributed by atoms with Crippen molar-refractivity contribution in [1.29, 1.82) is 0 Å². The van der Waals surface area contributed by atoms with Gasteiger partial charge in [0.25, 0.3) is 0 Å². The van der Waals surface area contributed by atoms with Gasteiger partial charge in [-0.25, -0.2) is 0 Å². The second kappa shape index (κ2) is 23.1. The topological polar surface area (TPSA) is 80.6 Å². The molecule has 4 nitrogen and oxygen atoms in total. The Bertz CT molecular complexity index is 49.8. The Kier molecular flexibility index (Phi) is 57.7. The molecule has 2 N–H and O–H groups in total. The van der Waals surface area contributed by atoms with Crippen LogP contribution in [0.2, 0.25) is 0 Å². The second-order valence-electron chi connectivity index (χ2n) is 0.607. The Labute approximate surface area is 86.7 Å². The molecule has 7 heteroatoms. The van der Waals surface area contributed by atoms with Crippen molar-refractivity contribution in [1.82, 2.24) is 0 Å². The number of carbonyl (C=O) groups is 1. The zero-order chi connectivity index (χ0) is 6.28. The average Bonchev–Trinajstić information content (AvgIpc) is 1.33. The van der Waals surface area contributed by atoms with E-state index in [1.165, 1.54) is 0 Å². The van der Waals surface area contributed by atoms with Crippen molar-refractivity contribution in [2.75, 3.05) is 0 Å². The molecule has 0 aliphatic heterocycles. The van der Waals surface area contributed by atoms with E-state index in [-0.39, 0.29) is 54.3 Å². The summed E-state index contributed by atoms with van der Waals surface area (Å²) in [7, 11) is 0. The number of aliphatic carboxylic acids is 1. The van der Waals surface area contributed by atoms with Gasteiger partial charge >= 0.3 is 37.2 Å². The van der Waals surface area contributed by atoms with Crippen LogP contribution in [-0.4, -0.2) is 23.7 Å². The third-order valence-corrected chi connectivity index (χ3v) is 0. The number of rotatable bonds is 0. The van der Waals surface area contributed by atoms with Crippen LogP contribution in [0.25, 0.3) is 0 Å². The quantitative estimate of drug-likeness (QED) is 0.373. The number of carboxylic acid groups (broad SMARTS) is 1. The number of carboxylic acids is 1. The van der Waals surface area contributed by atoms with Crippen molar-refractivity contribution in [3.63, 3.8) is 0 Å². The maximum Gasteiger partial charge on any atom is 1.00 e. The molecule has 0 saturated heterocycles. The fourth-order valence-electron chi connectivity index (χ4n) is 0. The summed E-state index contributed by atoms with van der Waals surface area (Å²) >= 11 is 0. The number of hydrogen-bond acceptors (Lipinski definition) is 4. The molecule has 0 spiro atoms. The van der Waals surface area contributed by atoms with E-state index >= 15 is 0 Å². The van der Waals surface area contributed by atoms with Gasteiger partial charge in [-0.2, -0.15) is 0 Å². The minimum Gasteiger partial charge on any atom is -0.550 e. The molecule has 2 radical (unpaired) electrons. The molecule has 0 aliphatic rings. The van der Waals surface area contributed by atoms with Crippen LogP contribution in [0.15, 0.2) is 0 Å². The molecule has 9 heavy (non-hydrogen) atoms. The third-order valence-electron chi connectivity index (χ3n) is 0. The van der Waals surface area contributed by atoms with Crippen LogP contribution in [-0.2, 0) is 21.9 Å². The van der Waals surface area contributed by atoms with Crippen molar-refractivity contribution in [3.05, 3.63) is 0 Å². The molecule has 0 amide bonds. The second-order valence-corrected chi connectivity index (χ2v) is 0.607. The molecule has 0 bridgehead atoms. The average molecular weight is 190 g/mol. The van der Waals surface area contributed by atoms with E-state index in [1.807, 2.05) is 0 Å². The van der Waals surface area contributed by atoms with Gasteiger partial charge in [-0.05, 0) is 6.92 Å². The summed E-state index contributed by atoms with van der Waals surface area (Å²) in [6.07, 6.45) is 0. The van der Waals surface area contributed by atoms with Crippen LogP contribution < -0.4 is 34.7 Å². The van der Waals surface area contributed by atoms with Crippen LogP contribution in [0.3, 0.4) is 0 Å². The fraction of sp³-hybridized carbons (Fsp3) is 0.500. The van der Waals surface area contributed by atoms with Gasteiger partial charge in [0.1, 0.15) is 0 Å².